The maximum absolute atomic E-state index is 12.0. The number of amides is 1. The molecule has 0 atom stereocenters. The molecular formula is C21H18N2O2S. The van der Waals surface area contributed by atoms with Gasteiger partial charge in [-0.25, -0.2) is 4.98 Å². The van der Waals surface area contributed by atoms with Crippen molar-refractivity contribution in [3.05, 3.63) is 53.5 Å². The first-order chi connectivity index (χ1) is 12.7. The van der Waals surface area contributed by atoms with Crippen LogP contribution in [0.1, 0.15) is 17.8 Å². The quantitative estimate of drug-likeness (QED) is 0.653. The van der Waals surface area contributed by atoms with Crippen LogP contribution in [0.4, 0.5) is 0 Å². The molecule has 1 aromatic heterocycles. The number of thiazole rings is 1. The molecule has 0 aliphatic carbocycles. The van der Waals surface area contributed by atoms with Gasteiger partial charge < -0.3 is 5.32 Å². The van der Waals surface area contributed by atoms with Gasteiger partial charge in [0.2, 0.25) is 5.91 Å². The van der Waals surface area contributed by atoms with Gasteiger partial charge in [-0.1, -0.05) is 36.4 Å². The number of rotatable bonds is 7. The molecule has 1 N–H and O–H groups in total. The summed E-state index contributed by atoms with van der Waals surface area (Å²) in [6.45, 7) is 0.0174. The van der Waals surface area contributed by atoms with E-state index in [9.17, 15) is 9.59 Å². The highest BCUT2D eigenvalue weighted by Gasteiger charge is 2.11. The zero-order chi connectivity index (χ0) is 18.4. The summed E-state index contributed by atoms with van der Waals surface area (Å²) in [4.78, 5) is 28.1. The Morgan fingerprint density at radius 1 is 1.12 bits per heavy atom. The van der Waals surface area contributed by atoms with Crippen molar-refractivity contribution in [2.75, 3.05) is 6.54 Å². The summed E-state index contributed by atoms with van der Waals surface area (Å²) in [6.07, 6.45) is 5.98. The number of benzene rings is 2. The van der Waals surface area contributed by atoms with E-state index < -0.39 is 0 Å². The average Bonchev–Trinajstić information content (AvgIpc) is 3.06. The first kappa shape index (κ1) is 17.8. The minimum atomic E-state index is -0.207. The van der Waals surface area contributed by atoms with E-state index in [4.69, 9.17) is 6.42 Å². The maximum Gasteiger partial charge on any atom is 0.227 e. The van der Waals surface area contributed by atoms with E-state index in [0.717, 1.165) is 26.4 Å². The van der Waals surface area contributed by atoms with Gasteiger partial charge >= 0.3 is 0 Å². The Balaban J connectivity index is 1.65. The predicted molar refractivity (Wildman–Crippen MR) is 105 cm³/mol. The van der Waals surface area contributed by atoms with Crippen molar-refractivity contribution in [3.8, 4) is 23.5 Å². The zero-order valence-electron chi connectivity index (χ0n) is 14.2. The van der Waals surface area contributed by atoms with Gasteiger partial charge in [0.05, 0.1) is 23.2 Å². The number of nitrogens with one attached hydrogen (secondary N) is 1. The summed E-state index contributed by atoms with van der Waals surface area (Å²) in [5, 5.41) is 3.37. The highest BCUT2D eigenvalue weighted by atomic mass is 32.1. The molecule has 0 saturated carbocycles. The number of fused-ring (bicyclic) bond motifs is 1. The van der Waals surface area contributed by atoms with Crippen LogP contribution in [-0.4, -0.2) is 23.2 Å². The fourth-order valence-electron chi connectivity index (χ4n) is 2.56. The van der Waals surface area contributed by atoms with Gasteiger partial charge in [-0.3, -0.25) is 9.59 Å². The largest absolute Gasteiger partial charge is 0.349 e. The zero-order valence-corrected chi connectivity index (χ0v) is 15.0. The Kier molecular flexibility index (Phi) is 5.77. The summed E-state index contributed by atoms with van der Waals surface area (Å²) in [5.41, 5.74) is 3.11. The molecule has 130 valence electrons. The second-order valence-corrected chi connectivity index (χ2v) is 6.97. The van der Waals surface area contributed by atoms with Crippen LogP contribution >= 0.6 is 11.3 Å². The van der Waals surface area contributed by atoms with E-state index in [1.54, 1.807) is 0 Å². The Labute approximate surface area is 156 Å². The molecule has 5 heteroatoms. The van der Waals surface area contributed by atoms with Crippen LogP contribution < -0.4 is 5.32 Å². The second kappa shape index (κ2) is 8.41. The fourth-order valence-corrected chi connectivity index (χ4v) is 3.50. The number of carbonyl (C=O) groups is 2. The highest BCUT2D eigenvalue weighted by Crippen LogP contribution is 2.28. The summed E-state index contributed by atoms with van der Waals surface area (Å²) >= 11 is 1.49. The molecule has 26 heavy (non-hydrogen) atoms. The molecule has 0 saturated heterocycles. The number of hydrogen-bond donors (Lipinski definition) is 1. The molecule has 0 spiro atoms. The highest BCUT2D eigenvalue weighted by molar-refractivity contribution is 7.18. The third-order valence-electron chi connectivity index (χ3n) is 3.88. The summed E-state index contributed by atoms with van der Waals surface area (Å²) < 4.78 is 1.04. The molecule has 3 aromatic rings. The lowest BCUT2D eigenvalue weighted by Crippen LogP contribution is -2.30. The van der Waals surface area contributed by atoms with Gasteiger partial charge in [0.1, 0.15) is 5.01 Å². The van der Waals surface area contributed by atoms with E-state index in [1.807, 2.05) is 30.3 Å². The van der Waals surface area contributed by atoms with Crippen LogP contribution in [-0.2, 0) is 16.0 Å². The molecule has 0 unspecified atom stereocenters. The van der Waals surface area contributed by atoms with E-state index in [-0.39, 0.29) is 24.7 Å². The molecular weight excluding hydrogens is 344 g/mol. The Morgan fingerprint density at radius 3 is 2.69 bits per heavy atom. The predicted octanol–water partition coefficient (Wildman–Crippen LogP) is 3.60. The first-order valence-electron chi connectivity index (χ1n) is 8.32. The molecule has 3 rings (SSSR count). The van der Waals surface area contributed by atoms with Gasteiger partial charge in [-0.15, -0.1) is 23.7 Å². The van der Waals surface area contributed by atoms with Crippen LogP contribution in [0, 0.1) is 12.3 Å². The van der Waals surface area contributed by atoms with Crippen molar-refractivity contribution in [2.24, 2.45) is 0 Å². The van der Waals surface area contributed by atoms with Crippen molar-refractivity contribution in [3.63, 3.8) is 0 Å². The van der Waals surface area contributed by atoms with E-state index >= 15 is 0 Å². The summed E-state index contributed by atoms with van der Waals surface area (Å²) in [5.74, 6) is 2.15. The van der Waals surface area contributed by atoms with Crippen molar-refractivity contribution in [2.45, 2.75) is 19.3 Å². The van der Waals surface area contributed by atoms with Crippen molar-refractivity contribution in [1.29, 1.82) is 0 Å². The van der Waals surface area contributed by atoms with E-state index in [1.165, 1.54) is 11.3 Å². The van der Waals surface area contributed by atoms with Crippen molar-refractivity contribution >= 4 is 33.2 Å². The SMILES string of the molecule is C#CCCC(=O)CNC(=O)Cc1nc2cc(-c3ccccc3)ccc2s1. The third kappa shape index (κ3) is 4.56. The van der Waals surface area contributed by atoms with Crippen LogP contribution in [0.2, 0.25) is 0 Å². The van der Waals surface area contributed by atoms with Gasteiger partial charge in [0.15, 0.2) is 5.78 Å². The Bertz CT molecular complexity index is 971. The standard InChI is InChI=1S/C21H18N2O2S/c1-2-3-9-17(24)14-22-20(25)13-21-23-18-12-16(10-11-19(18)26-21)15-7-5-4-6-8-15/h1,4-8,10-12H,3,9,13-14H2,(H,22,25). The third-order valence-corrected chi connectivity index (χ3v) is 4.92. The van der Waals surface area contributed by atoms with E-state index in [0.29, 0.717) is 12.8 Å². The molecule has 4 nitrogen and oxygen atoms in total. The number of hydrogen-bond acceptors (Lipinski definition) is 4. The lowest BCUT2D eigenvalue weighted by atomic mass is 10.1. The second-order valence-electron chi connectivity index (χ2n) is 5.85. The number of ketones is 1. The van der Waals surface area contributed by atoms with Crippen LogP contribution in [0.3, 0.4) is 0 Å². The monoisotopic (exact) mass is 362 g/mol. The summed E-state index contributed by atoms with van der Waals surface area (Å²) in [7, 11) is 0. The van der Waals surface area contributed by atoms with Crippen molar-refractivity contribution in [1.82, 2.24) is 10.3 Å². The van der Waals surface area contributed by atoms with Crippen LogP contribution in [0.25, 0.3) is 21.3 Å². The first-order valence-corrected chi connectivity index (χ1v) is 9.14. The molecule has 0 aliphatic heterocycles. The lowest BCUT2D eigenvalue weighted by Gasteiger charge is -2.02. The van der Waals surface area contributed by atoms with E-state index in [2.05, 4.69) is 34.4 Å². The number of carbonyl (C=O) groups excluding carboxylic acids is 2. The number of aromatic nitrogens is 1. The average molecular weight is 362 g/mol. The lowest BCUT2D eigenvalue weighted by molar-refractivity contribution is -0.124. The van der Waals surface area contributed by atoms with Crippen LogP contribution in [0.15, 0.2) is 48.5 Å². The van der Waals surface area contributed by atoms with Gasteiger partial charge in [-0.05, 0) is 23.3 Å². The molecule has 1 heterocycles. The number of terminal acetylenes is 1. The maximum atomic E-state index is 12.0. The Hall–Kier alpha value is -2.97. The Morgan fingerprint density at radius 2 is 1.92 bits per heavy atom. The molecule has 0 radical (unpaired) electrons. The fraction of sp³-hybridized carbons (Fsp3) is 0.190. The van der Waals surface area contributed by atoms with Crippen molar-refractivity contribution < 1.29 is 9.59 Å². The number of nitrogens with zero attached hydrogens (tertiary/aromatic N) is 1. The van der Waals surface area contributed by atoms with Gasteiger partial charge in [-0.2, -0.15) is 0 Å². The molecule has 0 fully saturated rings. The smallest absolute Gasteiger partial charge is 0.227 e. The van der Waals surface area contributed by atoms with Gasteiger partial charge in [0.25, 0.3) is 0 Å². The minimum Gasteiger partial charge on any atom is -0.349 e. The normalized spacial score (nSPS) is 10.4. The van der Waals surface area contributed by atoms with Gasteiger partial charge in [0, 0.05) is 12.8 Å². The molecule has 0 bridgehead atoms. The topological polar surface area (TPSA) is 59.1 Å². The molecule has 2 aromatic carbocycles. The molecule has 0 aliphatic rings. The molecule has 1 amide bonds. The summed E-state index contributed by atoms with van der Waals surface area (Å²) in [6, 6.07) is 16.2. The number of Topliss-reactive ketones (excluding diaryl/α,β-unsaturated/α-hetero) is 1. The minimum absolute atomic E-state index is 0.0174. The van der Waals surface area contributed by atoms with Crippen LogP contribution in [0.5, 0.6) is 0 Å².